The SMILES string of the molecule is Cc1c(Cl)cccc1NCC(=O)NNC(=O)c1ccccc1Br. The Morgan fingerprint density at radius 1 is 1.09 bits per heavy atom. The molecule has 0 aliphatic carbocycles. The van der Waals surface area contributed by atoms with Gasteiger partial charge in [-0.1, -0.05) is 29.8 Å². The zero-order valence-electron chi connectivity index (χ0n) is 12.3. The first-order valence-corrected chi connectivity index (χ1v) is 7.99. The maximum Gasteiger partial charge on any atom is 0.270 e. The maximum absolute atomic E-state index is 11.9. The van der Waals surface area contributed by atoms with E-state index in [-0.39, 0.29) is 12.5 Å². The number of rotatable bonds is 4. The van der Waals surface area contributed by atoms with Gasteiger partial charge in [0.25, 0.3) is 11.8 Å². The number of anilines is 1. The van der Waals surface area contributed by atoms with Crippen LogP contribution in [0.4, 0.5) is 5.69 Å². The summed E-state index contributed by atoms with van der Waals surface area (Å²) in [6.07, 6.45) is 0. The van der Waals surface area contributed by atoms with Crippen molar-refractivity contribution < 1.29 is 9.59 Å². The number of carbonyl (C=O) groups is 2. The van der Waals surface area contributed by atoms with E-state index in [0.29, 0.717) is 15.1 Å². The average Bonchev–Trinajstić information content (AvgIpc) is 2.54. The van der Waals surface area contributed by atoms with Crippen LogP contribution < -0.4 is 16.2 Å². The monoisotopic (exact) mass is 395 g/mol. The lowest BCUT2D eigenvalue weighted by atomic mass is 10.2. The van der Waals surface area contributed by atoms with Gasteiger partial charge in [-0.05, 0) is 52.7 Å². The van der Waals surface area contributed by atoms with Gasteiger partial charge in [-0.3, -0.25) is 20.4 Å². The predicted molar refractivity (Wildman–Crippen MR) is 94.4 cm³/mol. The molecule has 0 heterocycles. The van der Waals surface area contributed by atoms with Crippen molar-refractivity contribution in [3.63, 3.8) is 0 Å². The van der Waals surface area contributed by atoms with Gasteiger partial charge in [0.15, 0.2) is 0 Å². The minimum Gasteiger partial charge on any atom is -0.376 e. The van der Waals surface area contributed by atoms with Gasteiger partial charge in [0.2, 0.25) is 0 Å². The van der Waals surface area contributed by atoms with E-state index in [2.05, 4.69) is 32.1 Å². The van der Waals surface area contributed by atoms with Crippen LogP contribution in [0.25, 0.3) is 0 Å². The lowest BCUT2D eigenvalue weighted by molar-refractivity contribution is -0.120. The largest absolute Gasteiger partial charge is 0.376 e. The summed E-state index contributed by atoms with van der Waals surface area (Å²) in [4.78, 5) is 23.7. The zero-order valence-corrected chi connectivity index (χ0v) is 14.7. The summed E-state index contributed by atoms with van der Waals surface area (Å²) in [5, 5.41) is 3.59. The quantitative estimate of drug-likeness (QED) is 0.695. The van der Waals surface area contributed by atoms with Crippen molar-refractivity contribution in [2.75, 3.05) is 11.9 Å². The van der Waals surface area contributed by atoms with Crippen molar-refractivity contribution in [2.24, 2.45) is 0 Å². The van der Waals surface area contributed by atoms with Gasteiger partial charge >= 0.3 is 0 Å². The van der Waals surface area contributed by atoms with Crippen molar-refractivity contribution in [3.8, 4) is 0 Å². The van der Waals surface area contributed by atoms with Crippen molar-refractivity contribution >= 4 is 45.0 Å². The molecule has 0 saturated carbocycles. The molecule has 0 unspecified atom stereocenters. The minimum atomic E-state index is -0.398. The summed E-state index contributed by atoms with van der Waals surface area (Å²) in [5.41, 5.74) is 6.79. The summed E-state index contributed by atoms with van der Waals surface area (Å²) >= 11 is 9.29. The first-order chi connectivity index (χ1) is 11.0. The third-order valence-electron chi connectivity index (χ3n) is 3.14. The number of halogens is 2. The number of hydrogen-bond acceptors (Lipinski definition) is 3. The number of amides is 2. The minimum absolute atomic E-state index is 0.0113. The summed E-state index contributed by atoms with van der Waals surface area (Å²) in [7, 11) is 0. The molecule has 2 aromatic rings. The third kappa shape index (κ3) is 4.71. The lowest BCUT2D eigenvalue weighted by Gasteiger charge is -2.12. The second-order valence-corrected chi connectivity index (χ2v) is 6.01. The fourth-order valence-corrected chi connectivity index (χ4v) is 2.50. The fourth-order valence-electron chi connectivity index (χ4n) is 1.86. The molecule has 0 saturated heterocycles. The van der Waals surface area contributed by atoms with Gasteiger partial charge in [-0.25, -0.2) is 0 Å². The highest BCUT2D eigenvalue weighted by Crippen LogP contribution is 2.22. The van der Waals surface area contributed by atoms with Gasteiger partial charge in [0.1, 0.15) is 0 Å². The molecule has 0 aromatic heterocycles. The van der Waals surface area contributed by atoms with Crippen LogP contribution in [-0.4, -0.2) is 18.4 Å². The third-order valence-corrected chi connectivity index (χ3v) is 4.24. The Hall–Kier alpha value is -2.05. The molecule has 2 aromatic carbocycles. The van der Waals surface area contributed by atoms with Crippen LogP contribution in [0.1, 0.15) is 15.9 Å². The molecule has 0 radical (unpaired) electrons. The molecule has 0 bridgehead atoms. The Labute approximate surface area is 147 Å². The Morgan fingerprint density at radius 3 is 2.57 bits per heavy atom. The molecule has 2 rings (SSSR count). The Kier molecular flexibility index (Phi) is 6.01. The van der Waals surface area contributed by atoms with E-state index < -0.39 is 5.91 Å². The maximum atomic E-state index is 11.9. The van der Waals surface area contributed by atoms with Gasteiger partial charge in [0.05, 0.1) is 12.1 Å². The highest BCUT2D eigenvalue weighted by molar-refractivity contribution is 9.10. The zero-order chi connectivity index (χ0) is 16.8. The lowest BCUT2D eigenvalue weighted by Crippen LogP contribution is -2.44. The number of benzene rings is 2. The van der Waals surface area contributed by atoms with E-state index in [0.717, 1.165) is 11.3 Å². The Balaban J connectivity index is 1.85. The fraction of sp³-hybridized carbons (Fsp3) is 0.125. The predicted octanol–water partition coefficient (Wildman–Crippen LogP) is 3.28. The molecule has 5 nitrogen and oxygen atoms in total. The molecule has 0 spiro atoms. The van der Waals surface area contributed by atoms with E-state index in [1.54, 1.807) is 36.4 Å². The average molecular weight is 397 g/mol. The second-order valence-electron chi connectivity index (χ2n) is 4.75. The van der Waals surface area contributed by atoms with Gasteiger partial charge in [0, 0.05) is 15.2 Å². The standard InChI is InChI=1S/C16H15BrClN3O2/c1-10-13(18)7-4-8-14(10)19-9-15(22)20-21-16(23)11-5-2-3-6-12(11)17/h2-8,19H,9H2,1H3,(H,20,22)(H,21,23). The topological polar surface area (TPSA) is 70.2 Å². The van der Waals surface area contributed by atoms with Gasteiger partial charge in [-0.15, -0.1) is 0 Å². The number of hydrogen-bond donors (Lipinski definition) is 3. The van der Waals surface area contributed by atoms with E-state index in [4.69, 9.17) is 11.6 Å². The second kappa shape index (κ2) is 7.99. The van der Waals surface area contributed by atoms with Crippen LogP contribution in [0, 0.1) is 6.92 Å². The first kappa shape index (κ1) is 17.3. The Morgan fingerprint density at radius 2 is 1.83 bits per heavy atom. The van der Waals surface area contributed by atoms with Crippen LogP contribution in [0.5, 0.6) is 0 Å². The van der Waals surface area contributed by atoms with Crippen LogP contribution in [0.2, 0.25) is 5.02 Å². The van der Waals surface area contributed by atoms with Gasteiger partial charge in [-0.2, -0.15) is 0 Å². The van der Waals surface area contributed by atoms with E-state index in [9.17, 15) is 9.59 Å². The van der Waals surface area contributed by atoms with Gasteiger partial charge < -0.3 is 5.32 Å². The molecular formula is C16H15BrClN3O2. The van der Waals surface area contributed by atoms with Crippen molar-refractivity contribution in [1.29, 1.82) is 0 Å². The molecular weight excluding hydrogens is 382 g/mol. The highest BCUT2D eigenvalue weighted by atomic mass is 79.9. The van der Waals surface area contributed by atoms with Crippen LogP contribution in [0.15, 0.2) is 46.9 Å². The van der Waals surface area contributed by atoms with E-state index in [1.165, 1.54) is 0 Å². The van der Waals surface area contributed by atoms with Crippen molar-refractivity contribution in [2.45, 2.75) is 6.92 Å². The van der Waals surface area contributed by atoms with Crippen molar-refractivity contribution in [1.82, 2.24) is 10.9 Å². The molecule has 3 N–H and O–H groups in total. The Bertz CT molecular complexity index is 737. The molecule has 120 valence electrons. The molecule has 0 aliphatic heterocycles. The van der Waals surface area contributed by atoms with Crippen LogP contribution >= 0.6 is 27.5 Å². The van der Waals surface area contributed by atoms with Crippen LogP contribution in [-0.2, 0) is 4.79 Å². The number of hydrazine groups is 1. The first-order valence-electron chi connectivity index (χ1n) is 6.81. The summed E-state index contributed by atoms with van der Waals surface area (Å²) in [5.74, 6) is -0.769. The number of nitrogens with one attached hydrogen (secondary N) is 3. The number of carbonyl (C=O) groups excluding carboxylic acids is 2. The van der Waals surface area contributed by atoms with E-state index >= 15 is 0 Å². The van der Waals surface area contributed by atoms with Crippen LogP contribution in [0.3, 0.4) is 0 Å². The molecule has 0 aliphatic rings. The molecule has 23 heavy (non-hydrogen) atoms. The smallest absolute Gasteiger partial charge is 0.270 e. The summed E-state index contributed by atoms with van der Waals surface area (Å²) < 4.78 is 0.652. The normalized spacial score (nSPS) is 10.0. The summed E-state index contributed by atoms with van der Waals surface area (Å²) in [6, 6.07) is 12.3. The molecule has 0 atom stereocenters. The van der Waals surface area contributed by atoms with Crippen molar-refractivity contribution in [3.05, 3.63) is 63.1 Å². The van der Waals surface area contributed by atoms with E-state index in [1.807, 2.05) is 13.0 Å². The molecule has 0 fully saturated rings. The summed E-state index contributed by atoms with van der Waals surface area (Å²) in [6.45, 7) is 1.87. The molecule has 7 heteroatoms. The highest BCUT2D eigenvalue weighted by Gasteiger charge is 2.10. The molecule has 2 amide bonds.